The minimum Gasteiger partial charge on any atom is -0.308 e. The van der Waals surface area contributed by atoms with Gasteiger partial charge in [0.25, 0.3) is 5.91 Å². The Morgan fingerprint density at radius 1 is 1.30 bits per heavy atom. The molecule has 20 heavy (non-hydrogen) atoms. The zero-order valence-electron chi connectivity index (χ0n) is 11.1. The molecule has 1 amide bonds. The van der Waals surface area contributed by atoms with Crippen molar-refractivity contribution in [1.82, 2.24) is 19.3 Å². The van der Waals surface area contributed by atoms with E-state index in [1.165, 1.54) is 11.3 Å². The summed E-state index contributed by atoms with van der Waals surface area (Å²) < 4.78 is 3.52. The number of anilines is 1. The first-order valence-electron chi connectivity index (χ1n) is 6.04. The Balaban J connectivity index is 1.93. The molecule has 0 aliphatic heterocycles. The number of amides is 1. The fraction of sp³-hybridized carbons (Fsp3) is 0.154. The van der Waals surface area contributed by atoms with Crippen molar-refractivity contribution in [3.8, 4) is 5.82 Å². The Kier molecular flexibility index (Phi) is 3.11. The van der Waals surface area contributed by atoms with E-state index < -0.39 is 0 Å². The summed E-state index contributed by atoms with van der Waals surface area (Å²) in [7, 11) is 1.81. The number of hydrogen-bond acceptors (Lipinski definition) is 4. The van der Waals surface area contributed by atoms with Gasteiger partial charge in [0.1, 0.15) is 11.4 Å². The Morgan fingerprint density at radius 3 is 2.70 bits per heavy atom. The molecule has 0 aliphatic carbocycles. The van der Waals surface area contributed by atoms with Gasteiger partial charge in [-0.15, -0.1) is 11.3 Å². The highest BCUT2D eigenvalue weighted by molar-refractivity contribution is 7.15. The maximum Gasteiger partial charge on any atom is 0.262 e. The Labute approximate surface area is 119 Å². The number of aryl methyl sites for hydroxylation is 2. The van der Waals surface area contributed by atoms with E-state index in [4.69, 9.17) is 0 Å². The van der Waals surface area contributed by atoms with E-state index in [1.54, 1.807) is 24.1 Å². The average Bonchev–Trinajstić information content (AvgIpc) is 3.10. The molecular formula is C13H13N5OS. The second kappa shape index (κ2) is 4.93. The molecular weight excluding hydrogens is 274 g/mol. The van der Waals surface area contributed by atoms with Crippen molar-refractivity contribution in [3.05, 3.63) is 47.4 Å². The van der Waals surface area contributed by atoms with Crippen LogP contribution in [0.15, 0.2) is 36.9 Å². The average molecular weight is 287 g/mol. The Morgan fingerprint density at radius 2 is 2.05 bits per heavy atom. The van der Waals surface area contributed by atoms with Crippen molar-refractivity contribution in [2.45, 2.75) is 6.92 Å². The van der Waals surface area contributed by atoms with Crippen molar-refractivity contribution in [3.63, 3.8) is 0 Å². The summed E-state index contributed by atoms with van der Waals surface area (Å²) in [5, 5.41) is 7.55. The molecule has 0 bridgehead atoms. The van der Waals surface area contributed by atoms with Crippen LogP contribution in [-0.4, -0.2) is 25.2 Å². The van der Waals surface area contributed by atoms with E-state index >= 15 is 0 Å². The maximum atomic E-state index is 12.3. The predicted molar refractivity (Wildman–Crippen MR) is 77.3 cm³/mol. The highest BCUT2D eigenvalue weighted by Crippen LogP contribution is 2.19. The molecule has 3 aromatic heterocycles. The van der Waals surface area contributed by atoms with Crippen LogP contribution < -0.4 is 5.32 Å². The fourth-order valence-corrected chi connectivity index (χ4v) is 2.61. The molecule has 0 atom stereocenters. The van der Waals surface area contributed by atoms with Crippen molar-refractivity contribution < 1.29 is 4.79 Å². The third kappa shape index (κ3) is 2.23. The second-order valence-corrected chi connectivity index (χ2v) is 5.56. The van der Waals surface area contributed by atoms with Gasteiger partial charge in [0.2, 0.25) is 0 Å². The summed E-state index contributed by atoms with van der Waals surface area (Å²) in [4.78, 5) is 17.5. The number of thiazole rings is 1. The summed E-state index contributed by atoms with van der Waals surface area (Å²) in [6.07, 6.45) is 7.05. The molecule has 102 valence electrons. The van der Waals surface area contributed by atoms with Crippen LogP contribution >= 0.6 is 11.3 Å². The van der Waals surface area contributed by atoms with Gasteiger partial charge in [-0.3, -0.25) is 14.8 Å². The van der Waals surface area contributed by atoms with Crippen LogP contribution in [0, 0.1) is 6.92 Å². The van der Waals surface area contributed by atoms with Gasteiger partial charge in [-0.2, -0.15) is 5.10 Å². The lowest BCUT2D eigenvalue weighted by Crippen LogP contribution is -2.14. The predicted octanol–water partition coefficient (Wildman–Crippen LogP) is 2.23. The zero-order valence-corrected chi connectivity index (χ0v) is 11.9. The summed E-state index contributed by atoms with van der Waals surface area (Å²) >= 11 is 1.44. The third-order valence-electron chi connectivity index (χ3n) is 2.84. The largest absolute Gasteiger partial charge is 0.308 e. The number of hydrogen-bond donors (Lipinski definition) is 1. The molecule has 3 heterocycles. The van der Waals surface area contributed by atoms with Gasteiger partial charge in [-0.1, -0.05) is 0 Å². The second-order valence-electron chi connectivity index (χ2n) is 4.33. The third-order valence-corrected chi connectivity index (χ3v) is 3.67. The van der Waals surface area contributed by atoms with Crippen LogP contribution in [0.2, 0.25) is 0 Å². The van der Waals surface area contributed by atoms with Crippen LogP contribution in [0.3, 0.4) is 0 Å². The van der Waals surface area contributed by atoms with Crippen molar-refractivity contribution >= 4 is 22.4 Å². The Hall–Kier alpha value is -2.41. The molecule has 0 spiro atoms. The number of nitrogens with zero attached hydrogens (tertiary/aromatic N) is 4. The number of aromatic nitrogens is 4. The van der Waals surface area contributed by atoms with E-state index in [2.05, 4.69) is 15.4 Å². The van der Waals surface area contributed by atoms with Gasteiger partial charge < -0.3 is 4.57 Å². The molecule has 3 aromatic rings. The summed E-state index contributed by atoms with van der Waals surface area (Å²) in [5.74, 6) is 0.511. The van der Waals surface area contributed by atoms with Gasteiger partial charge in [0, 0.05) is 30.5 Å². The van der Waals surface area contributed by atoms with Crippen molar-refractivity contribution in [2.24, 2.45) is 7.05 Å². The van der Waals surface area contributed by atoms with Crippen LogP contribution in [-0.2, 0) is 7.05 Å². The lowest BCUT2D eigenvalue weighted by molar-refractivity contribution is 0.102. The summed E-state index contributed by atoms with van der Waals surface area (Å²) in [6.45, 7) is 1.95. The van der Waals surface area contributed by atoms with Gasteiger partial charge in [0.15, 0.2) is 5.13 Å². The smallest absolute Gasteiger partial charge is 0.262 e. The first-order chi connectivity index (χ1) is 9.65. The minimum atomic E-state index is -0.212. The molecule has 3 rings (SSSR count). The first kappa shape index (κ1) is 12.6. The van der Waals surface area contributed by atoms with Gasteiger partial charge >= 0.3 is 0 Å². The Bertz CT molecular complexity index is 741. The number of nitrogens with one attached hydrogen (secondary N) is 1. The molecule has 6 nitrogen and oxygen atoms in total. The standard InChI is InChI=1S/C13H13N5OS/c1-9-7-14-13(20-9)16-11(19)10-8-15-17(2)12(10)18-5-3-4-6-18/h3-8H,1-2H3,(H,14,16,19). The fourth-order valence-electron chi connectivity index (χ4n) is 1.95. The maximum absolute atomic E-state index is 12.3. The van der Waals surface area contributed by atoms with Gasteiger partial charge in [-0.25, -0.2) is 4.98 Å². The summed E-state index contributed by atoms with van der Waals surface area (Å²) in [6, 6.07) is 3.80. The quantitative estimate of drug-likeness (QED) is 0.803. The molecule has 0 saturated heterocycles. The van der Waals surface area contributed by atoms with Crippen LogP contribution in [0.1, 0.15) is 15.2 Å². The van der Waals surface area contributed by atoms with Crippen molar-refractivity contribution in [2.75, 3.05) is 5.32 Å². The van der Waals surface area contributed by atoms with E-state index in [0.717, 1.165) is 10.7 Å². The molecule has 1 N–H and O–H groups in total. The lowest BCUT2D eigenvalue weighted by Gasteiger charge is -2.06. The van der Waals surface area contributed by atoms with Gasteiger partial charge in [0.05, 0.1) is 6.20 Å². The number of rotatable bonds is 3. The summed E-state index contributed by atoms with van der Waals surface area (Å²) in [5.41, 5.74) is 0.511. The SMILES string of the molecule is Cc1cnc(NC(=O)c2cnn(C)c2-n2cccc2)s1. The molecule has 7 heteroatoms. The zero-order chi connectivity index (χ0) is 14.1. The monoisotopic (exact) mass is 287 g/mol. The van der Waals surface area contributed by atoms with E-state index in [1.807, 2.05) is 36.0 Å². The van der Waals surface area contributed by atoms with Crippen LogP contribution in [0.4, 0.5) is 5.13 Å². The van der Waals surface area contributed by atoms with Crippen LogP contribution in [0.5, 0.6) is 0 Å². The molecule has 0 fully saturated rings. The molecule has 0 radical (unpaired) electrons. The molecule has 0 unspecified atom stereocenters. The molecule has 0 saturated carbocycles. The van der Waals surface area contributed by atoms with E-state index in [9.17, 15) is 4.79 Å². The van der Waals surface area contributed by atoms with Crippen molar-refractivity contribution in [1.29, 1.82) is 0 Å². The highest BCUT2D eigenvalue weighted by atomic mass is 32.1. The van der Waals surface area contributed by atoms with E-state index in [0.29, 0.717) is 10.7 Å². The van der Waals surface area contributed by atoms with Gasteiger partial charge in [-0.05, 0) is 19.1 Å². The topological polar surface area (TPSA) is 64.7 Å². The minimum absolute atomic E-state index is 0.212. The number of carbonyl (C=O) groups excluding carboxylic acids is 1. The molecule has 0 aliphatic rings. The van der Waals surface area contributed by atoms with Crippen LogP contribution in [0.25, 0.3) is 5.82 Å². The normalized spacial score (nSPS) is 10.7. The highest BCUT2D eigenvalue weighted by Gasteiger charge is 2.18. The first-order valence-corrected chi connectivity index (χ1v) is 6.86. The van der Waals surface area contributed by atoms with E-state index in [-0.39, 0.29) is 5.91 Å². The number of carbonyl (C=O) groups is 1. The lowest BCUT2D eigenvalue weighted by atomic mass is 10.3. The molecule has 0 aromatic carbocycles.